The number of likely N-dealkylation sites (tertiary alicyclic amines) is 2. The number of piperidine rings is 1. The summed E-state index contributed by atoms with van der Waals surface area (Å²) >= 11 is 6.06. The van der Waals surface area contributed by atoms with Gasteiger partial charge in [0.25, 0.3) is 0 Å². The predicted octanol–water partition coefficient (Wildman–Crippen LogP) is 4.08. The first kappa shape index (κ1) is 25.5. The van der Waals surface area contributed by atoms with Gasteiger partial charge in [-0.1, -0.05) is 58.4 Å². The number of benzene rings is 1. The summed E-state index contributed by atoms with van der Waals surface area (Å²) in [5.74, 6) is 0.0123. The van der Waals surface area contributed by atoms with Crippen molar-refractivity contribution in [2.45, 2.75) is 65.8 Å². The van der Waals surface area contributed by atoms with Gasteiger partial charge in [-0.05, 0) is 47.8 Å². The van der Waals surface area contributed by atoms with Crippen molar-refractivity contribution >= 4 is 29.3 Å². The van der Waals surface area contributed by atoms with Gasteiger partial charge in [-0.3, -0.25) is 14.4 Å². The van der Waals surface area contributed by atoms with Crippen LogP contribution in [0.1, 0.15) is 65.4 Å². The van der Waals surface area contributed by atoms with Gasteiger partial charge in [-0.15, -0.1) is 0 Å². The number of carbonyl (C=O) groups is 3. The van der Waals surface area contributed by atoms with Crippen molar-refractivity contribution in [3.63, 3.8) is 0 Å². The fourth-order valence-corrected chi connectivity index (χ4v) is 5.39. The number of nitrogens with one attached hydrogen (secondary N) is 1. The van der Waals surface area contributed by atoms with Crippen LogP contribution < -0.4 is 5.32 Å². The molecule has 3 atom stereocenters. The topological polar surface area (TPSA) is 69.7 Å². The molecule has 7 heteroatoms. The van der Waals surface area contributed by atoms with Crippen LogP contribution in [0, 0.1) is 17.3 Å². The lowest BCUT2D eigenvalue weighted by Crippen LogP contribution is -2.56. The van der Waals surface area contributed by atoms with Crippen LogP contribution in [0.4, 0.5) is 0 Å². The van der Waals surface area contributed by atoms with E-state index in [-0.39, 0.29) is 35.0 Å². The molecular formula is C26H38ClN3O3. The molecule has 3 rings (SSSR count). The Hall–Kier alpha value is -2.08. The number of hydrogen-bond acceptors (Lipinski definition) is 3. The van der Waals surface area contributed by atoms with E-state index in [4.69, 9.17) is 11.6 Å². The van der Waals surface area contributed by atoms with Crippen molar-refractivity contribution in [2.75, 3.05) is 26.2 Å². The molecule has 33 heavy (non-hydrogen) atoms. The van der Waals surface area contributed by atoms with E-state index < -0.39 is 6.04 Å². The third kappa shape index (κ3) is 5.89. The van der Waals surface area contributed by atoms with Gasteiger partial charge >= 0.3 is 0 Å². The highest BCUT2D eigenvalue weighted by Gasteiger charge is 2.41. The summed E-state index contributed by atoms with van der Waals surface area (Å²) < 4.78 is 0. The highest BCUT2D eigenvalue weighted by molar-refractivity contribution is 6.30. The third-order valence-electron chi connectivity index (χ3n) is 7.26. The van der Waals surface area contributed by atoms with Gasteiger partial charge < -0.3 is 15.1 Å². The summed E-state index contributed by atoms with van der Waals surface area (Å²) in [5, 5.41) is 3.75. The third-order valence-corrected chi connectivity index (χ3v) is 7.51. The van der Waals surface area contributed by atoms with E-state index in [1.54, 1.807) is 4.90 Å². The Balaban J connectivity index is 1.65. The second-order valence-electron chi connectivity index (χ2n) is 10.6. The minimum atomic E-state index is -0.559. The molecule has 0 radical (unpaired) electrons. The quantitative estimate of drug-likeness (QED) is 0.673. The SMILES string of the molecule is CCC(=O)N1CC[C@@H](C(=O)N[C@@H](C(=O)N2CC[C@H](c3ccc(Cl)cc3)C(C)(C)C2)C(C)C)C1. The van der Waals surface area contributed by atoms with Gasteiger partial charge in [-0.25, -0.2) is 0 Å². The Morgan fingerprint density at radius 2 is 1.73 bits per heavy atom. The monoisotopic (exact) mass is 475 g/mol. The van der Waals surface area contributed by atoms with Gasteiger partial charge in [0.15, 0.2) is 0 Å². The summed E-state index contributed by atoms with van der Waals surface area (Å²) in [4.78, 5) is 42.1. The molecule has 2 saturated heterocycles. The lowest BCUT2D eigenvalue weighted by Gasteiger charge is -2.45. The molecule has 2 fully saturated rings. The van der Waals surface area contributed by atoms with Gasteiger partial charge in [0.2, 0.25) is 17.7 Å². The van der Waals surface area contributed by atoms with Gasteiger partial charge in [-0.2, -0.15) is 0 Å². The summed E-state index contributed by atoms with van der Waals surface area (Å²) in [6.07, 6.45) is 1.97. The number of carbonyl (C=O) groups excluding carboxylic acids is 3. The predicted molar refractivity (Wildman–Crippen MR) is 131 cm³/mol. The average molecular weight is 476 g/mol. The number of halogens is 1. The Morgan fingerprint density at radius 1 is 1.09 bits per heavy atom. The van der Waals surface area contributed by atoms with E-state index in [9.17, 15) is 14.4 Å². The Kier molecular flexibility index (Phi) is 8.09. The molecule has 1 aromatic rings. The highest BCUT2D eigenvalue weighted by atomic mass is 35.5. The number of rotatable bonds is 6. The molecule has 2 heterocycles. The maximum atomic E-state index is 13.5. The van der Waals surface area contributed by atoms with Crippen LogP contribution in [-0.4, -0.2) is 59.7 Å². The summed E-state index contributed by atoms with van der Waals surface area (Å²) in [6, 6.07) is 7.45. The molecule has 2 aliphatic rings. The zero-order chi connectivity index (χ0) is 24.3. The molecule has 0 unspecified atom stereocenters. The van der Waals surface area contributed by atoms with Crippen LogP contribution in [0.5, 0.6) is 0 Å². The minimum Gasteiger partial charge on any atom is -0.344 e. The standard InChI is InChI=1S/C26H38ClN3O3/c1-6-22(31)29-13-11-19(15-29)24(32)28-23(17(2)3)25(33)30-14-12-21(26(4,5)16-30)18-7-9-20(27)10-8-18/h7-10,17,19,21,23H,6,11-16H2,1-5H3,(H,28,32)/t19-,21-,23-/m1/s1. The van der Waals surface area contributed by atoms with Crippen LogP contribution in [0.3, 0.4) is 0 Å². The van der Waals surface area contributed by atoms with E-state index in [1.165, 1.54) is 5.56 Å². The molecule has 0 saturated carbocycles. The van der Waals surface area contributed by atoms with Gasteiger partial charge in [0, 0.05) is 37.6 Å². The fourth-order valence-electron chi connectivity index (χ4n) is 5.26. The van der Waals surface area contributed by atoms with Gasteiger partial charge in [0.1, 0.15) is 6.04 Å². The summed E-state index contributed by atoms with van der Waals surface area (Å²) in [6.45, 7) is 12.5. The average Bonchev–Trinajstić information content (AvgIpc) is 3.27. The second kappa shape index (κ2) is 10.5. The lowest BCUT2D eigenvalue weighted by atomic mass is 9.70. The molecule has 2 aliphatic heterocycles. The lowest BCUT2D eigenvalue weighted by molar-refractivity contribution is -0.141. The summed E-state index contributed by atoms with van der Waals surface area (Å²) in [5.41, 5.74) is 1.15. The Bertz CT molecular complexity index is 868. The van der Waals surface area contributed by atoms with E-state index >= 15 is 0 Å². The van der Waals surface area contributed by atoms with Crippen molar-refractivity contribution in [3.05, 3.63) is 34.9 Å². The van der Waals surface area contributed by atoms with Crippen LogP contribution in [0.25, 0.3) is 0 Å². The smallest absolute Gasteiger partial charge is 0.245 e. The highest BCUT2D eigenvalue weighted by Crippen LogP contribution is 2.42. The first-order chi connectivity index (χ1) is 15.5. The maximum absolute atomic E-state index is 13.5. The van der Waals surface area contributed by atoms with Crippen LogP contribution in [0.15, 0.2) is 24.3 Å². The summed E-state index contributed by atoms with van der Waals surface area (Å²) in [7, 11) is 0. The van der Waals surface area contributed by atoms with Crippen molar-refractivity contribution in [2.24, 2.45) is 17.3 Å². The van der Waals surface area contributed by atoms with Crippen molar-refractivity contribution in [1.29, 1.82) is 0 Å². The van der Waals surface area contributed by atoms with Crippen LogP contribution in [0.2, 0.25) is 5.02 Å². The number of nitrogens with zero attached hydrogens (tertiary/aromatic N) is 2. The van der Waals surface area contributed by atoms with E-state index in [0.29, 0.717) is 44.9 Å². The van der Waals surface area contributed by atoms with Crippen molar-refractivity contribution in [3.8, 4) is 0 Å². The normalized spacial score (nSPS) is 23.5. The molecule has 0 aromatic heterocycles. The molecule has 0 spiro atoms. The molecule has 182 valence electrons. The largest absolute Gasteiger partial charge is 0.344 e. The van der Waals surface area contributed by atoms with E-state index in [0.717, 1.165) is 11.4 Å². The fraction of sp³-hybridized carbons (Fsp3) is 0.654. The molecular weight excluding hydrogens is 438 g/mol. The molecule has 1 aromatic carbocycles. The zero-order valence-corrected chi connectivity index (χ0v) is 21.3. The molecule has 6 nitrogen and oxygen atoms in total. The zero-order valence-electron chi connectivity index (χ0n) is 20.6. The minimum absolute atomic E-state index is 0.0135. The Morgan fingerprint density at radius 3 is 2.30 bits per heavy atom. The molecule has 1 N–H and O–H groups in total. The maximum Gasteiger partial charge on any atom is 0.245 e. The van der Waals surface area contributed by atoms with Crippen LogP contribution in [-0.2, 0) is 14.4 Å². The van der Waals surface area contributed by atoms with E-state index in [1.807, 2.05) is 37.8 Å². The second-order valence-corrected chi connectivity index (χ2v) is 11.0. The van der Waals surface area contributed by atoms with E-state index in [2.05, 4.69) is 31.3 Å². The van der Waals surface area contributed by atoms with Gasteiger partial charge in [0.05, 0.1) is 5.92 Å². The number of hydrogen-bond donors (Lipinski definition) is 1. The van der Waals surface area contributed by atoms with Crippen molar-refractivity contribution < 1.29 is 14.4 Å². The first-order valence-electron chi connectivity index (χ1n) is 12.2. The molecule has 3 amide bonds. The van der Waals surface area contributed by atoms with Crippen LogP contribution >= 0.6 is 11.6 Å². The molecule has 0 bridgehead atoms. The molecule has 0 aliphatic carbocycles. The first-order valence-corrected chi connectivity index (χ1v) is 12.5. The number of amides is 3. The van der Waals surface area contributed by atoms with Crippen molar-refractivity contribution in [1.82, 2.24) is 15.1 Å². The Labute approximate surface area is 203 Å².